The van der Waals surface area contributed by atoms with Gasteiger partial charge in [0.2, 0.25) is 0 Å². The van der Waals surface area contributed by atoms with E-state index in [4.69, 9.17) is 0 Å². The van der Waals surface area contributed by atoms with Gasteiger partial charge in [-0.2, -0.15) is 0 Å². The first-order valence-corrected chi connectivity index (χ1v) is 6.05. The molecule has 1 heterocycles. The summed E-state index contributed by atoms with van der Waals surface area (Å²) in [6, 6.07) is 1.99. The zero-order valence-corrected chi connectivity index (χ0v) is 10.5. The quantitative estimate of drug-likeness (QED) is 0.633. The maximum Gasteiger partial charge on any atom is 0.116 e. The van der Waals surface area contributed by atoms with Crippen molar-refractivity contribution < 1.29 is 5.11 Å². The zero-order chi connectivity index (χ0) is 11.4. The van der Waals surface area contributed by atoms with Crippen molar-refractivity contribution in [2.75, 3.05) is 0 Å². The number of thioether (sulfide) groups is 1. The second-order valence-corrected chi connectivity index (χ2v) is 5.40. The van der Waals surface area contributed by atoms with Crippen molar-refractivity contribution in [1.82, 2.24) is 9.97 Å². The molecule has 0 aliphatic rings. The molecule has 0 amide bonds. The SMILES string of the molecule is CC(C)c1cc(SC(C)C(C)O)ncn1. The maximum absolute atomic E-state index is 9.40. The van der Waals surface area contributed by atoms with Crippen LogP contribution in [0.25, 0.3) is 0 Å². The predicted octanol–water partition coefficient (Wildman–Crippen LogP) is 2.46. The molecule has 0 radical (unpaired) electrons. The summed E-state index contributed by atoms with van der Waals surface area (Å²) in [5.41, 5.74) is 1.05. The lowest BCUT2D eigenvalue weighted by atomic mass is 10.1. The van der Waals surface area contributed by atoms with Gasteiger partial charge in [-0.3, -0.25) is 0 Å². The van der Waals surface area contributed by atoms with Gasteiger partial charge in [0.1, 0.15) is 6.33 Å². The topological polar surface area (TPSA) is 46.0 Å². The Morgan fingerprint density at radius 1 is 1.20 bits per heavy atom. The summed E-state index contributed by atoms with van der Waals surface area (Å²) < 4.78 is 0. The largest absolute Gasteiger partial charge is 0.392 e. The van der Waals surface area contributed by atoms with Crippen LogP contribution in [-0.2, 0) is 0 Å². The molecule has 1 aromatic rings. The van der Waals surface area contributed by atoms with Crippen molar-refractivity contribution in [3.05, 3.63) is 18.1 Å². The van der Waals surface area contributed by atoms with Crippen molar-refractivity contribution in [2.45, 2.75) is 50.0 Å². The summed E-state index contributed by atoms with van der Waals surface area (Å²) >= 11 is 1.58. The number of hydrogen-bond donors (Lipinski definition) is 1. The van der Waals surface area contributed by atoms with Crippen molar-refractivity contribution in [3.8, 4) is 0 Å². The van der Waals surface area contributed by atoms with E-state index in [0.29, 0.717) is 5.92 Å². The summed E-state index contributed by atoms with van der Waals surface area (Å²) in [6.07, 6.45) is 1.26. The molecule has 1 aromatic heterocycles. The van der Waals surface area contributed by atoms with E-state index in [1.54, 1.807) is 25.0 Å². The molecule has 2 atom stereocenters. The van der Waals surface area contributed by atoms with Gasteiger partial charge in [-0.25, -0.2) is 9.97 Å². The predicted molar refractivity (Wildman–Crippen MR) is 63.1 cm³/mol. The molecule has 0 fully saturated rings. The second-order valence-electron chi connectivity index (χ2n) is 4.00. The molecule has 0 spiro atoms. The molecule has 4 heteroatoms. The second kappa shape index (κ2) is 5.47. The van der Waals surface area contributed by atoms with Crippen molar-refractivity contribution in [2.24, 2.45) is 0 Å². The molecule has 0 aliphatic heterocycles. The summed E-state index contributed by atoms with van der Waals surface area (Å²) in [5, 5.41) is 10.5. The van der Waals surface area contributed by atoms with Crippen LogP contribution in [0.2, 0.25) is 0 Å². The zero-order valence-electron chi connectivity index (χ0n) is 9.64. The number of aliphatic hydroxyl groups excluding tert-OH is 1. The highest BCUT2D eigenvalue weighted by molar-refractivity contribution is 7.99. The Morgan fingerprint density at radius 2 is 1.87 bits per heavy atom. The number of aliphatic hydroxyl groups is 1. The molecule has 2 unspecified atom stereocenters. The van der Waals surface area contributed by atoms with Crippen LogP contribution in [0.4, 0.5) is 0 Å². The van der Waals surface area contributed by atoms with Crippen LogP contribution in [0.1, 0.15) is 39.3 Å². The highest BCUT2D eigenvalue weighted by Crippen LogP contribution is 2.24. The van der Waals surface area contributed by atoms with E-state index in [-0.39, 0.29) is 11.4 Å². The van der Waals surface area contributed by atoms with Gasteiger partial charge in [-0.15, -0.1) is 11.8 Å². The molecule has 15 heavy (non-hydrogen) atoms. The Kier molecular flexibility index (Phi) is 4.54. The average molecular weight is 226 g/mol. The van der Waals surface area contributed by atoms with Gasteiger partial charge in [0, 0.05) is 10.9 Å². The molecule has 0 bridgehead atoms. The van der Waals surface area contributed by atoms with Gasteiger partial charge >= 0.3 is 0 Å². The van der Waals surface area contributed by atoms with Gasteiger partial charge in [-0.1, -0.05) is 20.8 Å². The lowest BCUT2D eigenvalue weighted by Crippen LogP contribution is -2.15. The number of hydrogen-bond acceptors (Lipinski definition) is 4. The Balaban J connectivity index is 2.73. The summed E-state index contributed by atoms with van der Waals surface area (Å²) in [6.45, 7) is 8.00. The van der Waals surface area contributed by atoms with Gasteiger partial charge in [-0.05, 0) is 18.9 Å². The van der Waals surface area contributed by atoms with Crippen LogP contribution in [0.15, 0.2) is 17.4 Å². The lowest BCUT2D eigenvalue weighted by Gasteiger charge is -2.13. The average Bonchev–Trinajstić information content (AvgIpc) is 2.18. The minimum absolute atomic E-state index is 0.153. The van der Waals surface area contributed by atoms with Crippen molar-refractivity contribution in [3.63, 3.8) is 0 Å². The Hall–Kier alpha value is -0.610. The minimum Gasteiger partial charge on any atom is -0.392 e. The van der Waals surface area contributed by atoms with E-state index >= 15 is 0 Å². The van der Waals surface area contributed by atoms with Gasteiger partial charge in [0.15, 0.2) is 0 Å². The van der Waals surface area contributed by atoms with E-state index in [0.717, 1.165) is 10.7 Å². The third-order valence-electron chi connectivity index (χ3n) is 2.24. The monoisotopic (exact) mass is 226 g/mol. The molecular weight excluding hydrogens is 208 g/mol. The Labute approximate surface area is 95.3 Å². The molecule has 1 N–H and O–H groups in total. The summed E-state index contributed by atoms with van der Waals surface area (Å²) in [4.78, 5) is 8.39. The first-order chi connectivity index (χ1) is 7.00. The van der Waals surface area contributed by atoms with Crippen LogP contribution >= 0.6 is 11.8 Å². The summed E-state index contributed by atoms with van der Waals surface area (Å²) in [5.74, 6) is 0.411. The van der Waals surface area contributed by atoms with Crippen molar-refractivity contribution in [1.29, 1.82) is 0 Å². The molecule has 3 nitrogen and oxygen atoms in total. The number of aromatic nitrogens is 2. The Bertz CT molecular complexity index is 315. The van der Waals surface area contributed by atoms with Crippen LogP contribution in [0.5, 0.6) is 0 Å². The molecule has 1 rings (SSSR count). The van der Waals surface area contributed by atoms with Crippen LogP contribution in [0, 0.1) is 0 Å². The van der Waals surface area contributed by atoms with E-state index in [9.17, 15) is 5.11 Å². The van der Waals surface area contributed by atoms with Gasteiger partial charge in [0.05, 0.1) is 11.1 Å². The van der Waals surface area contributed by atoms with Gasteiger partial charge in [0.25, 0.3) is 0 Å². The fourth-order valence-corrected chi connectivity index (χ4v) is 1.90. The highest BCUT2D eigenvalue weighted by atomic mass is 32.2. The number of nitrogens with zero attached hydrogens (tertiary/aromatic N) is 2. The minimum atomic E-state index is -0.326. The molecular formula is C11H18N2OS. The third-order valence-corrected chi connectivity index (χ3v) is 3.47. The van der Waals surface area contributed by atoms with E-state index in [1.807, 2.05) is 13.0 Å². The van der Waals surface area contributed by atoms with Gasteiger partial charge < -0.3 is 5.11 Å². The molecule has 84 valence electrons. The Morgan fingerprint density at radius 3 is 2.40 bits per heavy atom. The van der Waals surface area contributed by atoms with Crippen LogP contribution < -0.4 is 0 Å². The summed E-state index contributed by atoms with van der Waals surface area (Å²) in [7, 11) is 0. The number of rotatable bonds is 4. The van der Waals surface area contributed by atoms with Crippen LogP contribution in [0.3, 0.4) is 0 Å². The first kappa shape index (κ1) is 12.5. The smallest absolute Gasteiger partial charge is 0.116 e. The normalized spacial score (nSPS) is 15.3. The third kappa shape index (κ3) is 3.80. The molecule has 0 saturated heterocycles. The highest BCUT2D eigenvalue weighted by Gasteiger charge is 2.12. The molecule has 0 aliphatic carbocycles. The van der Waals surface area contributed by atoms with Crippen LogP contribution in [-0.4, -0.2) is 26.4 Å². The lowest BCUT2D eigenvalue weighted by molar-refractivity contribution is 0.196. The van der Waals surface area contributed by atoms with E-state index < -0.39 is 0 Å². The standard InChI is InChI=1S/C11H18N2OS/c1-7(2)10-5-11(13-6-12-10)15-9(4)8(3)14/h5-9,14H,1-4H3. The molecule has 0 aromatic carbocycles. The fraction of sp³-hybridized carbons (Fsp3) is 0.636. The van der Waals surface area contributed by atoms with Crippen molar-refractivity contribution >= 4 is 11.8 Å². The van der Waals surface area contributed by atoms with E-state index in [2.05, 4.69) is 23.8 Å². The fourth-order valence-electron chi connectivity index (χ4n) is 1.02. The van der Waals surface area contributed by atoms with E-state index in [1.165, 1.54) is 0 Å². The first-order valence-electron chi connectivity index (χ1n) is 5.17. The maximum atomic E-state index is 9.40. The molecule has 0 saturated carbocycles.